The molecule has 1 aromatic carbocycles. The molecule has 21 heavy (non-hydrogen) atoms. The quantitative estimate of drug-likeness (QED) is 0.451. The monoisotopic (exact) mass is 292 g/mol. The van der Waals surface area contributed by atoms with E-state index in [0.717, 1.165) is 11.1 Å². The summed E-state index contributed by atoms with van der Waals surface area (Å²) in [6, 6.07) is 7.25. The SMILES string of the molecule is CC(C)(C)OC(=O)NCc1ccc(/C=C/C(=O)NO)cc1. The van der Waals surface area contributed by atoms with Crippen molar-refractivity contribution in [1.29, 1.82) is 0 Å². The first-order valence-corrected chi connectivity index (χ1v) is 6.48. The van der Waals surface area contributed by atoms with Gasteiger partial charge in [0.25, 0.3) is 5.91 Å². The Morgan fingerprint density at radius 1 is 1.24 bits per heavy atom. The number of nitrogens with one attached hydrogen (secondary N) is 2. The smallest absolute Gasteiger partial charge is 0.407 e. The molecule has 0 bridgehead atoms. The third-order valence-corrected chi connectivity index (χ3v) is 2.35. The summed E-state index contributed by atoms with van der Waals surface area (Å²) in [6.45, 7) is 5.76. The van der Waals surface area contributed by atoms with Crippen LogP contribution in [0.25, 0.3) is 6.08 Å². The Morgan fingerprint density at radius 3 is 2.38 bits per heavy atom. The summed E-state index contributed by atoms with van der Waals surface area (Å²) in [7, 11) is 0. The highest BCUT2D eigenvalue weighted by Crippen LogP contribution is 2.08. The minimum absolute atomic E-state index is 0.357. The molecule has 0 spiro atoms. The molecule has 114 valence electrons. The maximum Gasteiger partial charge on any atom is 0.407 e. The van der Waals surface area contributed by atoms with E-state index in [9.17, 15) is 9.59 Å². The lowest BCUT2D eigenvalue weighted by atomic mass is 10.1. The molecule has 0 aliphatic heterocycles. The number of benzene rings is 1. The number of hydrogen-bond donors (Lipinski definition) is 3. The molecule has 1 aromatic rings. The molecule has 0 unspecified atom stereocenters. The number of hydroxylamine groups is 1. The van der Waals surface area contributed by atoms with E-state index in [1.165, 1.54) is 11.6 Å². The third-order valence-electron chi connectivity index (χ3n) is 2.35. The number of ether oxygens (including phenoxy) is 1. The summed E-state index contributed by atoms with van der Waals surface area (Å²) in [5.74, 6) is -0.592. The summed E-state index contributed by atoms with van der Waals surface area (Å²) in [5, 5.41) is 11.0. The highest BCUT2D eigenvalue weighted by molar-refractivity contribution is 5.90. The second kappa shape index (κ2) is 7.44. The first-order valence-electron chi connectivity index (χ1n) is 6.48. The van der Waals surface area contributed by atoms with E-state index in [-0.39, 0.29) is 0 Å². The van der Waals surface area contributed by atoms with E-state index in [1.54, 1.807) is 39.0 Å². The predicted octanol–water partition coefficient (Wildman–Crippen LogP) is 2.23. The first kappa shape index (κ1) is 16.7. The van der Waals surface area contributed by atoms with Crippen molar-refractivity contribution in [2.45, 2.75) is 32.9 Å². The molecule has 2 amide bonds. The van der Waals surface area contributed by atoms with Crippen LogP contribution < -0.4 is 10.8 Å². The van der Waals surface area contributed by atoms with Crippen LogP contribution in [0.3, 0.4) is 0 Å². The number of amides is 2. The van der Waals surface area contributed by atoms with Crippen molar-refractivity contribution in [3.05, 3.63) is 41.5 Å². The van der Waals surface area contributed by atoms with Gasteiger partial charge in [-0.1, -0.05) is 24.3 Å². The second-order valence-corrected chi connectivity index (χ2v) is 5.41. The summed E-state index contributed by atoms with van der Waals surface area (Å²) in [5.41, 5.74) is 2.70. The fraction of sp³-hybridized carbons (Fsp3) is 0.333. The number of rotatable bonds is 4. The molecule has 0 radical (unpaired) electrons. The Morgan fingerprint density at radius 2 is 1.86 bits per heavy atom. The van der Waals surface area contributed by atoms with Gasteiger partial charge in [0.05, 0.1) is 0 Å². The largest absolute Gasteiger partial charge is 0.444 e. The van der Waals surface area contributed by atoms with Crippen molar-refractivity contribution in [1.82, 2.24) is 10.8 Å². The summed E-state index contributed by atoms with van der Waals surface area (Å²) in [6.07, 6.45) is 2.32. The molecule has 0 atom stereocenters. The van der Waals surface area contributed by atoms with E-state index in [1.807, 2.05) is 12.1 Å². The molecular formula is C15H20N2O4. The van der Waals surface area contributed by atoms with Crippen molar-refractivity contribution < 1.29 is 19.5 Å². The van der Waals surface area contributed by atoms with E-state index in [2.05, 4.69) is 5.32 Å². The second-order valence-electron chi connectivity index (χ2n) is 5.41. The van der Waals surface area contributed by atoms with Gasteiger partial charge in [0.15, 0.2) is 0 Å². The molecular weight excluding hydrogens is 272 g/mol. The lowest BCUT2D eigenvalue weighted by Gasteiger charge is -2.19. The number of hydrogen-bond acceptors (Lipinski definition) is 4. The molecule has 6 nitrogen and oxygen atoms in total. The van der Waals surface area contributed by atoms with Gasteiger partial charge in [-0.2, -0.15) is 0 Å². The average Bonchev–Trinajstić information content (AvgIpc) is 2.41. The van der Waals surface area contributed by atoms with Crippen LogP contribution in [-0.4, -0.2) is 22.8 Å². The van der Waals surface area contributed by atoms with Gasteiger partial charge in [-0.3, -0.25) is 10.0 Å². The van der Waals surface area contributed by atoms with E-state index < -0.39 is 17.6 Å². The van der Waals surface area contributed by atoms with Crippen LogP contribution in [0.15, 0.2) is 30.3 Å². The van der Waals surface area contributed by atoms with Crippen molar-refractivity contribution in [2.24, 2.45) is 0 Å². The molecule has 0 fully saturated rings. The molecule has 0 aliphatic rings. The number of carbonyl (C=O) groups is 2. The third kappa shape index (κ3) is 7.12. The number of carbonyl (C=O) groups excluding carboxylic acids is 2. The molecule has 0 saturated heterocycles. The van der Waals surface area contributed by atoms with E-state index in [4.69, 9.17) is 9.94 Å². The minimum Gasteiger partial charge on any atom is -0.444 e. The fourth-order valence-electron chi connectivity index (χ4n) is 1.44. The summed E-state index contributed by atoms with van der Waals surface area (Å²) in [4.78, 5) is 22.3. The molecule has 0 heterocycles. The predicted molar refractivity (Wildman–Crippen MR) is 78.5 cm³/mol. The Bertz CT molecular complexity index is 515. The van der Waals surface area contributed by atoms with Crippen molar-refractivity contribution in [2.75, 3.05) is 0 Å². The molecule has 1 rings (SSSR count). The summed E-state index contributed by atoms with van der Waals surface area (Å²) < 4.78 is 5.13. The lowest BCUT2D eigenvalue weighted by molar-refractivity contribution is -0.124. The van der Waals surface area contributed by atoms with Gasteiger partial charge >= 0.3 is 6.09 Å². The van der Waals surface area contributed by atoms with Crippen LogP contribution in [0.1, 0.15) is 31.9 Å². The Hall–Kier alpha value is -2.34. The van der Waals surface area contributed by atoms with Crippen LogP contribution in [0.5, 0.6) is 0 Å². The summed E-state index contributed by atoms with van der Waals surface area (Å²) >= 11 is 0. The average molecular weight is 292 g/mol. The zero-order valence-electron chi connectivity index (χ0n) is 12.3. The van der Waals surface area contributed by atoms with Crippen molar-refractivity contribution >= 4 is 18.1 Å². The lowest BCUT2D eigenvalue weighted by Crippen LogP contribution is -2.32. The van der Waals surface area contributed by atoms with Gasteiger partial charge in [-0.15, -0.1) is 0 Å². The van der Waals surface area contributed by atoms with Crippen LogP contribution >= 0.6 is 0 Å². The van der Waals surface area contributed by atoms with E-state index in [0.29, 0.717) is 6.54 Å². The van der Waals surface area contributed by atoms with Gasteiger partial charge in [-0.25, -0.2) is 10.3 Å². The van der Waals surface area contributed by atoms with Crippen LogP contribution in [0.2, 0.25) is 0 Å². The Labute approximate surface area is 123 Å². The molecule has 3 N–H and O–H groups in total. The van der Waals surface area contributed by atoms with Gasteiger partial charge in [0.2, 0.25) is 0 Å². The zero-order chi connectivity index (χ0) is 15.9. The molecule has 0 saturated carbocycles. The fourth-order valence-corrected chi connectivity index (χ4v) is 1.44. The Kier molecular flexibility index (Phi) is 5.92. The molecule has 0 aliphatic carbocycles. The first-order chi connectivity index (χ1) is 9.80. The normalized spacial score (nSPS) is 11.2. The topological polar surface area (TPSA) is 87.7 Å². The van der Waals surface area contributed by atoms with Crippen molar-refractivity contribution in [3.8, 4) is 0 Å². The van der Waals surface area contributed by atoms with Crippen LogP contribution in [0, 0.1) is 0 Å². The minimum atomic E-state index is -0.592. The number of alkyl carbamates (subject to hydrolysis) is 1. The highest BCUT2D eigenvalue weighted by Gasteiger charge is 2.15. The van der Waals surface area contributed by atoms with Gasteiger partial charge < -0.3 is 10.1 Å². The zero-order valence-corrected chi connectivity index (χ0v) is 12.3. The Balaban J connectivity index is 2.50. The van der Waals surface area contributed by atoms with Crippen molar-refractivity contribution in [3.63, 3.8) is 0 Å². The van der Waals surface area contributed by atoms with E-state index >= 15 is 0 Å². The van der Waals surface area contributed by atoms with Crippen LogP contribution in [0.4, 0.5) is 4.79 Å². The van der Waals surface area contributed by atoms with Crippen LogP contribution in [-0.2, 0) is 16.1 Å². The maximum absolute atomic E-state index is 11.5. The van der Waals surface area contributed by atoms with Gasteiger partial charge in [-0.05, 0) is 38.0 Å². The highest BCUT2D eigenvalue weighted by atomic mass is 16.6. The molecule has 6 heteroatoms. The molecule has 0 aromatic heterocycles. The standard InChI is InChI=1S/C15H20N2O4/c1-15(2,3)21-14(19)16-10-12-6-4-11(5-7-12)8-9-13(18)17-20/h4-9,20H,10H2,1-3H3,(H,16,19)(H,17,18)/b9-8+. The maximum atomic E-state index is 11.5. The van der Waals surface area contributed by atoms with Gasteiger partial charge in [0.1, 0.15) is 5.60 Å². The van der Waals surface area contributed by atoms with Gasteiger partial charge in [0, 0.05) is 12.6 Å².